The number of benzene rings is 3. The van der Waals surface area contributed by atoms with E-state index in [9.17, 15) is 44.3 Å². The summed E-state index contributed by atoms with van der Waals surface area (Å²) in [7, 11) is 0. The predicted molar refractivity (Wildman–Crippen MR) is 130 cm³/mol. The summed E-state index contributed by atoms with van der Waals surface area (Å²) in [6.45, 7) is -0.864. The average Bonchev–Trinajstić information content (AvgIpc) is 2.83. The Labute approximate surface area is 230 Å². The summed E-state index contributed by atoms with van der Waals surface area (Å²) in [4.78, 5) is 12.5. The van der Waals surface area contributed by atoms with Gasteiger partial charge in [0.2, 0.25) is 0 Å². The lowest BCUT2D eigenvalue weighted by Gasteiger charge is -2.19. The molecular weight excluding hydrogens is 608 g/mol. The smallest absolute Gasteiger partial charge is 0.375 e. The number of ketones is 1. The maximum Gasteiger partial charge on any atom is 0.417 e. The summed E-state index contributed by atoms with van der Waals surface area (Å²) < 4.78 is 124. The zero-order valence-corrected chi connectivity index (χ0v) is 21.2. The molecule has 0 aliphatic rings. The van der Waals surface area contributed by atoms with Gasteiger partial charge in [-0.2, -0.15) is 26.3 Å². The first-order chi connectivity index (χ1) is 18.0. The molecule has 0 spiro atoms. The van der Waals surface area contributed by atoms with E-state index in [1.807, 2.05) is 0 Å². The van der Waals surface area contributed by atoms with Crippen molar-refractivity contribution in [3.8, 4) is 0 Å². The van der Waals surface area contributed by atoms with Gasteiger partial charge in [-0.25, -0.2) is 13.2 Å². The molecule has 39 heavy (non-hydrogen) atoms. The van der Waals surface area contributed by atoms with Crippen LogP contribution in [0.2, 0.25) is 15.1 Å². The SMILES string of the molecule is O=C(CNc1ccc(F)cc1F)c1ccc(/C(F)=C/C(c2cc(Cl)c(Cl)c(Cl)c2)C(F)(F)F)cc1C(F)(F)F. The molecule has 2 nitrogen and oxygen atoms in total. The van der Waals surface area contributed by atoms with Crippen molar-refractivity contribution in [1.82, 2.24) is 0 Å². The van der Waals surface area contributed by atoms with Crippen LogP contribution < -0.4 is 5.32 Å². The molecule has 0 saturated carbocycles. The van der Waals surface area contributed by atoms with Crippen LogP contribution in [-0.2, 0) is 6.18 Å². The van der Waals surface area contributed by atoms with E-state index in [-0.39, 0.29) is 32.9 Å². The van der Waals surface area contributed by atoms with Gasteiger partial charge in [0.1, 0.15) is 23.4 Å². The number of rotatable bonds is 7. The number of carbonyl (C=O) groups excluding carboxylic acids is 1. The van der Waals surface area contributed by atoms with Crippen LogP contribution in [-0.4, -0.2) is 18.5 Å². The van der Waals surface area contributed by atoms with Crippen LogP contribution in [0.4, 0.5) is 45.2 Å². The third kappa shape index (κ3) is 7.40. The molecule has 0 saturated heterocycles. The van der Waals surface area contributed by atoms with Crippen LogP contribution in [0, 0.1) is 11.6 Å². The lowest BCUT2D eigenvalue weighted by atomic mass is 9.95. The standard InChI is InChI=1S/C25H13Cl3F9NO/c26-17-6-12(7-18(27)23(17)28)15(24(32,33)34)9-19(30)11-1-3-14(16(5-11)25(35,36)37)22(39)10-38-21-4-2-13(29)8-20(21)31/h1-9,15,38H,10H2/b19-9-. The molecule has 1 atom stereocenters. The monoisotopic (exact) mass is 619 g/mol. The number of hydrogen-bond donors (Lipinski definition) is 1. The maximum absolute atomic E-state index is 15.0. The first kappa shape index (κ1) is 30.6. The largest absolute Gasteiger partial charge is 0.417 e. The molecule has 0 aliphatic heterocycles. The van der Waals surface area contributed by atoms with Crippen LogP contribution in [0.1, 0.15) is 33.0 Å². The van der Waals surface area contributed by atoms with Gasteiger partial charge in [0.05, 0.1) is 32.9 Å². The minimum absolute atomic E-state index is 0.0335. The lowest BCUT2D eigenvalue weighted by molar-refractivity contribution is -0.140. The van der Waals surface area contributed by atoms with Crippen LogP contribution >= 0.6 is 34.8 Å². The summed E-state index contributed by atoms with van der Waals surface area (Å²) in [5, 5.41) is 1.25. The maximum atomic E-state index is 15.0. The van der Waals surface area contributed by atoms with E-state index >= 15 is 0 Å². The molecule has 3 aromatic rings. The number of hydrogen-bond acceptors (Lipinski definition) is 2. The van der Waals surface area contributed by atoms with Crippen molar-refractivity contribution < 1.29 is 44.3 Å². The number of alkyl halides is 6. The van der Waals surface area contributed by atoms with Crippen molar-refractivity contribution in [3.63, 3.8) is 0 Å². The summed E-state index contributed by atoms with van der Waals surface area (Å²) in [5.41, 5.74) is -4.51. The molecule has 3 aromatic carbocycles. The fourth-order valence-corrected chi connectivity index (χ4v) is 4.06. The number of carbonyl (C=O) groups is 1. The summed E-state index contributed by atoms with van der Waals surface area (Å²) in [6, 6.07) is 5.27. The number of nitrogens with one attached hydrogen (secondary N) is 1. The van der Waals surface area contributed by atoms with E-state index in [1.54, 1.807) is 0 Å². The fraction of sp³-hybridized carbons (Fsp3) is 0.160. The van der Waals surface area contributed by atoms with E-state index in [2.05, 4.69) is 5.32 Å². The van der Waals surface area contributed by atoms with Crippen molar-refractivity contribution in [1.29, 1.82) is 0 Å². The van der Waals surface area contributed by atoms with E-state index < -0.39 is 70.3 Å². The predicted octanol–water partition coefficient (Wildman–Crippen LogP) is 9.90. The number of allylic oxidation sites excluding steroid dienone is 1. The first-order valence-corrected chi connectivity index (χ1v) is 11.6. The molecule has 3 rings (SSSR count). The Bertz CT molecular complexity index is 1410. The van der Waals surface area contributed by atoms with Crippen molar-refractivity contribution in [2.45, 2.75) is 18.3 Å². The summed E-state index contributed by atoms with van der Waals surface area (Å²) in [6.07, 6.45) is -10.3. The third-order valence-electron chi connectivity index (χ3n) is 5.30. The second kappa shape index (κ2) is 11.7. The highest BCUT2D eigenvalue weighted by molar-refractivity contribution is 6.48. The first-order valence-electron chi connectivity index (χ1n) is 10.5. The Balaban J connectivity index is 1.98. The topological polar surface area (TPSA) is 29.1 Å². The Morgan fingerprint density at radius 2 is 1.51 bits per heavy atom. The zero-order chi connectivity index (χ0) is 29.3. The van der Waals surface area contributed by atoms with Gasteiger partial charge in [-0.1, -0.05) is 46.9 Å². The number of Topliss-reactive ketones (excluding diaryl/α,β-unsaturated/α-hetero) is 1. The van der Waals surface area contributed by atoms with Crippen LogP contribution in [0.5, 0.6) is 0 Å². The Hall–Kier alpha value is -2.89. The Morgan fingerprint density at radius 3 is 2.05 bits per heavy atom. The van der Waals surface area contributed by atoms with Gasteiger partial charge >= 0.3 is 12.4 Å². The van der Waals surface area contributed by atoms with E-state index in [4.69, 9.17) is 34.8 Å². The Morgan fingerprint density at radius 1 is 0.897 bits per heavy atom. The number of anilines is 1. The van der Waals surface area contributed by atoms with E-state index in [1.165, 1.54) is 0 Å². The van der Waals surface area contributed by atoms with Gasteiger partial charge in [-0.15, -0.1) is 0 Å². The molecule has 1 unspecified atom stereocenters. The molecular formula is C25H13Cl3F9NO. The van der Waals surface area contributed by atoms with Crippen LogP contribution in [0.3, 0.4) is 0 Å². The lowest BCUT2D eigenvalue weighted by Crippen LogP contribution is -2.20. The van der Waals surface area contributed by atoms with Crippen molar-refractivity contribution in [2.24, 2.45) is 0 Å². The van der Waals surface area contributed by atoms with Gasteiger partial charge in [0.25, 0.3) is 0 Å². The van der Waals surface area contributed by atoms with Crippen LogP contribution in [0.25, 0.3) is 5.83 Å². The third-order valence-corrected chi connectivity index (χ3v) is 6.50. The molecule has 208 valence electrons. The Kier molecular flexibility index (Phi) is 9.19. The van der Waals surface area contributed by atoms with Gasteiger partial charge < -0.3 is 5.32 Å². The molecule has 0 radical (unpaired) electrons. The minimum Gasteiger partial charge on any atom is -0.375 e. The quantitative estimate of drug-likeness (QED) is 0.162. The molecule has 0 heterocycles. The zero-order valence-electron chi connectivity index (χ0n) is 18.9. The van der Waals surface area contributed by atoms with Gasteiger partial charge in [-0.05, 0) is 42.0 Å². The molecule has 14 heteroatoms. The summed E-state index contributed by atoms with van der Waals surface area (Å²) in [5.74, 6) is -7.60. The minimum atomic E-state index is -5.22. The molecule has 0 bridgehead atoms. The van der Waals surface area contributed by atoms with Crippen LogP contribution in [0.15, 0.2) is 54.6 Å². The van der Waals surface area contributed by atoms with Gasteiger partial charge in [0.15, 0.2) is 5.78 Å². The molecule has 0 amide bonds. The molecule has 0 aromatic heterocycles. The highest BCUT2D eigenvalue weighted by Crippen LogP contribution is 2.43. The number of halogens is 12. The van der Waals surface area contributed by atoms with Crippen molar-refractivity contribution in [2.75, 3.05) is 11.9 Å². The average molecular weight is 621 g/mol. The van der Waals surface area contributed by atoms with Crippen molar-refractivity contribution >= 4 is 52.1 Å². The molecule has 1 N–H and O–H groups in total. The van der Waals surface area contributed by atoms with Crippen molar-refractivity contribution in [3.05, 3.63) is 104 Å². The second-order valence-electron chi connectivity index (χ2n) is 7.99. The van der Waals surface area contributed by atoms with E-state index in [0.717, 1.165) is 24.3 Å². The van der Waals surface area contributed by atoms with Gasteiger partial charge in [-0.3, -0.25) is 4.79 Å². The molecule has 0 fully saturated rings. The highest BCUT2D eigenvalue weighted by Gasteiger charge is 2.41. The second-order valence-corrected chi connectivity index (χ2v) is 9.18. The normalized spacial score (nSPS) is 13.4. The molecule has 0 aliphatic carbocycles. The van der Waals surface area contributed by atoms with Gasteiger partial charge in [0, 0.05) is 17.2 Å². The van der Waals surface area contributed by atoms with E-state index in [0.29, 0.717) is 18.2 Å². The fourth-order valence-electron chi connectivity index (χ4n) is 3.45. The highest BCUT2D eigenvalue weighted by atomic mass is 35.5. The summed E-state index contributed by atoms with van der Waals surface area (Å²) >= 11 is 17.3.